The third-order valence-electron chi connectivity index (χ3n) is 5.01. The highest BCUT2D eigenvalue weighted by atomic mass is 16.4. The smallest absolute Gasteiger partial charge is 0.344 e. The summed E-state index contributed by atoms with van der Waals surface area (Å²) in [4.78, 5) is 24.0. The number of aldehydes is 1. The molecule has 3 rings (SSSR count). The standard InChI is InChI=1S/C22H23NO7/c1-12-15-8-7-14(23-16(10-24)20(27)21(28)17(26)11-25)9-18(15)30-22(29)19(12)13-5-3-2-4-6-13/h2-10,16-17,20-21,23,25-28H,11H2,1H3/t16-,17+,20+,21+/m0/s1. The minimum absolute atomic E-state index is 0.289. The zero-order valence-electron chi connectivity index (χ0n) is 16.2. The Morgan fingerprint density at radius 3 is 2.40 bits per heavy atom. The molecule has 0 unspecified atom stereocenters. The summed E-state index contributed by atoms with van der Waals surface area (Å²) < 4.78 is 5.48. The summed E-state index contributed by atoms with van der Waals surface area (Å²) in [6.45, 7) is 1.05. The zero-order chi connectivity index (χ0) is 21.8. The fourth-order valence-corrected chi connectivity index (χ4v) is 3.32. The average molecular weight is 413 g/mol. The highest BCUT2D eigenvalue weighted by Gasteiger charge is 2.31. The average Bonchev–Trinajstić information content (AvgIpc) is 2.76. The van der Waals surface area contributed by atoms with E-state index < -0.39 is 36.6 Å². The number of fused-ring (bicyclic) bond motifs is 1. The Kier molecular flexibility index (Phi) is 6.63. The van der Waals surface area contributed by atoms with Gasteiger partial charge in [0.05, 0.1) is 12.2 Å². The maximum absolute atomic E-state index is 12.6. The van der Waals surface area contributed by atoms with Gasteiger partial charge in [0.2, 0.25) is 0 Å². The number of benzene rings is 2. The number of aliphatic hydroxyl groups excluding tert-OH is 4. The van der Waals surface area contributed by atoms with Crippen LogP contribution in [0.3, 0.4) is 0 Å². The number of carbonyl (C=O) groups is 1. The van der Waals surface area contributed by atoms with E-state index in [1.165, 1.54) is 6.07 Å². The highest BCUT2D eigenvalue weighted by molar-refractivity contribution is 5.89. The second-order valence-corrected chi connectivity index (χ2v) is 7.00. The molecule has 0 aliphatic carbocycles. The van der Waals surface area contributed by atoms with Gasteiger partial charge in [0.25, 0.3) is 0 Å². The van der Waals surface area contributed by atoms with Crippen LogP contribution in [0.15, 0.2) is 57.7 Å². The molecule has 3 aromatic rings. The van der Waals surface area contributed by atoms with Crippen LogP contribution in [0.1, 0.15) is 5.56 Å². The molecule has 0 fully saturated rings. The van der Waals surface area contributed by atoms with Crippen molar-refractivity contribution in [3.63, 3.8) is 0 Å². The number of nitrogens with one attached hydrogen (secondary N) is 1. The molecule has 0 amide bonds. The van der Waals surface area contributed by atoms with Gasteiger partial charge >= 0.3 is 5.63 Å². The Balaban J connectivity index is 1.94. The Labute approximate surface area is 172 Å². The molecule has 0 radical (unpaired) electrons. The van der Waals surface area contributed by atoms with Gasteiger partial charge in [-0.05, 0) is 30.2 Å². The molecule has 0 spiro atoms. The van der Waals surface area contributed by atoms with Crippen LogP contribution in [-0.4, -0.2) is 57.7 Å². The molecule has 30 heavy (non-hydrogen) atoms. The van der Waals surface area contributed by atoms with E-state index >= 15 is 0 Å². The summed E-state index contributed by atoms with van der Waals surface area (Å²) in [6, 6.07) is 12.8. The predicted molar refractivity (Wildman–Crippen MR) is 111 cm³/mol. The number of aryl methyl sites for hydroxylation is 1. The van der Waals surface area contributed by atoms with Gasteiger partial charge in [0.1, 0.15) is 36.2 Å². The van der Waals surface area contributed by atoms with Crippen molar-refractivity contribution in [2.75, 3.05) is 11.9 Å². The number of hydrogen-bond donors (Lipinski definition) is 5. The zero-order valence-corrected chi connectivity index (χ0v) is 16.2. The molecule has 5 N–H and O–H groups in total. The maximum Gasteiger partial charge on any atom is 0.344 e. The quantitative estimate of drug-likeness (QED) is 0.270. The van der Waals surface area contributed by atoms with E-state index in [2.05, 4.69) is 5.32 Å². The van der Waals surface area contributed by atoms with Gasteiger partial charge in [-0.15, -0.1) is 0 Å². The van der Waals surface area contributed by atoms with E-state index in [1.54, 1.807) is 12.1 Å². The first-order chi connectivity index (χ1) is 14.4. The number of rotatable bonds is 8. The lowest BCUT2D eigenvalue weighted by Gasteiger charge is -2.26. The minimum atomic E-state index is -1.73. The van der Waals surface area contributed by atoms with Crippen molar-refractivity contribution < 1.29 is 29.6 Å². The van der Waals surface area contributed by atoms with Crippen LogP contribution in [-0.2, 0) is 4.79 Å². The van der Waals surface area contributed by atoms with Gasteiger partial charge in [-0.25, -0.2) is 4.79 Å². The van der Waals surface area contributed by atoms with Crippen LogP contribution in [0.5, 0.6) is 0 Å². The molecule has 0 saturated carbocycles. The third kappa shape index (κ3) is 4.27. The first-order valence-electron chi connectivity index (χ1n) is 9.37. The van der Waals surface area contributed by atoms with Crippen LogP contribution in [0.25, 0.3) is 22.1 Å². The van der Waals surface area contributed by atoms with Crippen LogP contribution >= 0.6 is 0 Å². The number of hydrogen-bond acceptors (Lipinski definition) is 8. The summed E-state index contributed by atoms with van der Waals surface area (Å²) in [5.41, 5.74) is 2.10. The van der Waals surface area contributed by atoms with E-state index in [0.29, 0.717) is 22.9 Å². The van der Waals surface area contributed by atoms with E-state index in [4.69, 9.17) is 9.52 Å². The molecule has 8 heteroatoms. The molecule has 8 nitrogen and oxygen atoms in total. The van der Waals surface area contributed by atoms with Crippen molar-refractivity contribution in [1.82, 2.24) is 0 Å². The Bertz CT molecular complexity index is 1080. The van der Waals surface area contributed by atoms with Gasteiger partial charge in [-0.1, -0.05) is 30.3 Å². The van der Waals surface area contributed by atoms with Crippen molar-refractivity contribution in [2.45, 2.75) is 31.3 Å². The SMILES string of the molecule is Cc1c(-c2ccccc2)c(=O)oc2cc(N[C@@H](C=O)[C@@H](O)[C@H](O)[C@H](O)CO)ccc12. The summed E-state index contributed by atoms with van der Waals surface area (Å²) in [5, 5.41) is 41.8. The molecule has 0 aliphatic heterocycles. The normalized spacial score (nSPS) is 15.4. The van der Waals surface area contributed by atoms with Crippen molar-refractivity contribution in [3.05, 3.63) is 64.5 Å². The van der Waals surface area contributed by atoms with Gasteiger partial charge in [-0.3, -0.25) is 0 Å². The molecule has 0 aliphatic rings. The molecule has 1 aromatic heterocycles. The fraction of sp³-hybridized carbons (Fsp3) is 0.273. The largest absolute Gasteiger partial charge is 0.422 e. The van der Waals surface area contributed by atoms with Gasteiger partial charge in [0.15, 0.2) is 0 Å². The summed E-state index contributed by atoms with van der Waals surface area (Å²) in [5.74, 6) is 0. The molecular weight excluding hydrogens is 390 g/mol. The summed E-state index contributed by atoms with van der Waals surface area (Å²) in [7, 11) is 0. The van der Waals surface area contributed by atoms with Crippen molar-refractivity contribution in [3.8, 4) is 11.1 Å². The lowest BCUT2D eigenvalue weighted by Crippen LogP contribution is -2.49. The second-order valence-electron chi connectivity index (χ2n) is 7.00. The van der Waals surface area contributed by atoms with Crippen molar-refractivity contribution >= 4 is 22.9 Å². The van der Waals surface area contributed by atoms with Crippen LogP contribution in [0, 0.1) is 6.92 Å². The Hall–Kier alpha value is -3.04. The molecule has 0 saturated heterocycles. The highest BCUT2D eigenvalue weighted by Crippen LogP contribution is 2.28. The molecule has 158 valence electrons. The van der Waals surface area contributed by atoms with Crippen LogP contribution in [0.4, 0.5) is 5.69 Å². The third-order valence-corrected chi connectivity index (χ3v) is 5.01. The summed E-state index contributed by atoms with van der Waals surface area (Å²) >= 11 is 0. The van der Waals surface area contributed by atoms with Crippen molar-refractivity contribution in [2.24, 2.45) is 0 Å². The van der Waals surface area contributed by atoms with Crippen molar-refractivity contribution in [1.29, 1.82) is 0 Å². The fourth-order valence-electron chi connectivity index (χ4n) is 3.32. The van der Waals surface area contributed by atoms with Crippen LogP contribution < -0.4 is 10.9 Å². The van der Waals surface area contributed by atoms with Gasteiger partial charge < -0.3 is 35.0 Å². The maximum atomic E-state index is 12.6. The predicted octanol–water partition coefficient (Wildman–Crippen LogP) is 0.823. The number of carbonyl (C=O) groups excluding carboxylic acids is 1. The topological polar surface area (TPSA) is 140 Å². The van der Waals surface area contributed by atoms with E-state index in [-0.39, 0.29) is 5.58 Å². The number of anilines is 1. The monoisotopic (exact) mass is 413 g/mol. The van der Waals surface area contributed by atoms with Crippen LogP contribution in [0.2, 0.25) is 0 Å². The van der Waals surface area contributed by atoms with Gasteiger partial charge in [0, 0.05) is 17.1 Å². The summed E-state index contributed by atoms with van der Waals surface area (Å²) in [6.07, 6.45) is -4.62. The number of aliphatic hydroxyl groups is 4. The minimum Gasteiger partial charge on any atom is -0.422 e. The van der Waals surface area contributed by atoms with E-state index in [9.17, 15) is 24.9 Å². The first-order valence-corrected chi connectivity index (χ1v) is 9.37. The molecular formula is C22H23NO7. The molecule has 2 aromatic carbocycles. The van der Waals surface area contributed by atoms with Gasteiger partial charge in [-0.2, -0.15) is 0 Å². The second kappa shape index (κ2) is 9.19. The molecule has 1 heterocycles. The molecule has 0 bridgehead atoms. The first kappa shape index (κ1) is 21.7. The van der Waals surface area contributed by atoms with E-state index in [1.807, 2.05) is 37.3 Å². The van der Waals surface area contributed by atoms with E-state index in [0.717, 1.165) is 11.1 Å². The lowest BCUT2D eigenvalue weighted by atomic mass is 9.99. The Morgan fingerprint density at radius 1 is 1.07 bits per heavy atom. The Morgan fingerprint density at radius 2 is 1.77 bits per heavy atom. The lowest BCUT2D eigenvalue weighted by molar-refractivity contribution is -0.117. The molecule has 4 atom stereocenters.